The number of anilines is 5. The van der Waals surface area contributed by atoms with Gasteiger partial charge in [0.25, 0.3) is 17.7 Å². The van der Waals surface area contributed by atoms with Crippen molar-refractivity contribution in [3.63, 3.8) is 0 Å². The van der Waals surface area contributed by atoms with Crippen molar-refractivity contribution in [1.29, 1.82) is 0 Å². The fourth-order valence-corrected chi connectivity index (χ4v) is 22.4. The van der Waals surface area contributed by atoms with Crippen molar-refractivity contribution < 1.29 is 63.0 Å². The van der Waals surface area contributed by atoms with Crippen molar-refractivity contribution in [2.75, 3.05) is 91.7 Å². The molecule has 4 N–H and O–H groups in total. The maximum atomic E-state index is 14.9. The van der Waals surface area contributed by atoms with Crippen molar-refractivity contribution in [3.8, 4) is 50.6 Å². The maximum absolute atomic E-state index is 14.9. The van der Waals surface area contributed by atoms with Crippen LogP contribution >= 0.6 is 69.6 Å². The molecule has 0 bridgehead atoms. The summed E-state index contributed by atoms with van der Waals surface area (Å²) in [6, 6.07) is 35.2. The second-order valence-electron chi connectivity index (χ2n) is 38.7. The van der Waals surface area contributed by atoms with Gasteiger partial charge in [-0.3, -0.25) is 33.4 Å². The maximum Gasteiger partial charge on any atom is 0.337 e. The quantitative estimate of drug-likeness (QED) is 0.0348. The van der Waals surface area contributed by atoms with Crippen molar-refractivity contribution in [1.82, 2.24) is 48.0 Å². The number of carboxylic acid groups (broad SMARTS) is 3. The molecule has 34 heteroatoms. The van der Waals surface area contributed by atoms with E-state index in [9.17, 15) is 44.1 Å². The molecule has 11 heterocycles. The first-order valence-electron chi connectivity index (χ1n) is 49.3. The van der Waals surface area contributed by atoms with Crippen LogP contribution in [0.25, 0.3) is 66.1 Å². The van der Waals surface area contributed by atoms with Gasteiger partial charge in [-0.2, -0.15) is 15.3 Å². The summed E-state index contributed by atoms with van der Waals surface area (Å²) in [4.78, 5) is 91.5. The topological polar surface area (TPSA) is 306 Å². The molecular weight excluding hydrogens is 1990 g/mol. The predicted octanol–water partition coefficient (Wildman–Crippen LogP) is 24.7. The molecule has 0 radical (unpaired) electrons. The van der Waals surface area contributed by atoms with Crippen LogP contribution in [-0.2, 0) is 64.8 Å². The summed E-state index contributed by atoms with van der Waals surface area (Å²) in [7, 11) is 9.46. The number of nitrogens with zero attached hydrogens (tertiary/aromatic N) is 14. The molecule has 4 aliphatic heterocycles. The third-order valence-electron chi connectivity index (χ3n) is 28.6. The zero-order valence-corrected chi connectivity index (χ0v) is 90.0. The SMILES string of the molecule is Cc1cc(OCCCc2c3n(c4c(-c5c(C)nn(C)c5C)c(Cl)ccc24)CCCN(c2cc(C(=O)O)cc(N(C)C)c2)C3=O)cc(C)c1Cl.Cc1cc(OCCCc2c3n(c4c(-c5c(C)nn(C)c5C)c(Cl)ccc24)CCCN(c2cncc(C(=O)O)c2)C3=O)cc(C)c1Cl.Cc1cc(OCCCc2c3n(c4c(-c5c(C)nn(C)c5C)c(Cl)ccc24)CCN(c2cc(NC4CCOCC4)cc(C(=O)O)c2)C3=O)cc(C)c1Cl. The van der Waals surface area contributed by atoms with Gasteiger partial charge in [0.15, 0.2) is 0 Å². The molecule has 0 spiro atoms. The van der Waals surface area contributed by atoms with Crippen LogP contribution in [0.2, 0.25) is 30.1 Å². The number of fused-ring (bicyclic) bond motifs is 9. The van der Waals surface area contributed by atoms with E-state index in [4.69, 9.17) is 88.6 Å². The number of ether oxygens (including phenoxy) is 4. The van der Waals surface area contributed by atoms with Crippen molar-refractivity contribution in [3.05, 3.63) is 276 Å². The Kier molecular flexibility index (Phi) is 31.2. The normalized spacial score (nSPS) is 13.8. The first-order chi connectivity index (χ1) is 70.2. The number of aromatic nitrogens is 10. The van der Waals surface area contributed by atoms with Crippen LogP contribution in [0.1, 0.15) is 192 Å². The number of pyridine rings is 1. The minimum atomic E-state index is -1.10. The molecule has 147 heavy (non-hydrogen) atoms. The van der Waals surface area contributed by atoms with Crippen LogP contribution in [0.5, 0.6) is 17.2 Å². The minimum absolute atomic E-state index is 0.0248. The molecule has 1 fully saturated rings. The van der Waals surface area contributed by atoms with E-state index >= 15 is 0 Å². The molecule has 3 amide bonds. The molecular formula is C113H119Cl6N15O13. The Morgan fingerprint density at radius 2 is 0.748 bits per heavy atom. The summed E-state index contributed by atoms with van der Waals surface area (Å²) < 4.78 is 35.9. The lowest BCUT2D eigenvalue weighted by atomic mass is 9.98. The minimum Gasteiger partial charge on any atom is -0.494 e. The third-order valence-corrected chi connectivity index (χ3v) is 31.3. The van der Waals surface area contributed by atoms with Gasteiger partial charge < -0.3 is 72.9 Å². The fraction of sp³-hybridized carbons (Fsp3) is 0.345. The van der Waals surface area contributed by atoms with Crippen LogP contribution in [0, 0.1) is 83.1 Å². The molecule has 4 aliphatic rings. The second-order valence-corrected chi connectivity index (χ2v) is 41.1. The first-order valence-corrected chi connectivity index (χ1v) is 51.6. The number of aryl methyl sites for hydroxylation is 17. The zero-order valence-electron chi connectivity index (χ0n) is 85.5. The Balaban J connectivity index is 0.000000151. The van der Waals surface area contributed by atoms with Crippen LogP contribution in [0.3, 0.4) is 0 Å². The lowest BCUT2D eigenvalue weighted by Gasteiger charge is -2.31. The first kappa shape index (κ1) is 105. The van der Waals surface area contributed by atoms with Gasteiger partial charge in [0.1, 0.15) is 34.3 Å². The highest BCUT2D eigenvalue weighted by Gasteiger charge is 2.39. The highest BCUT2D eigenvalue weighted by molar-refractivity contribution is 6.37. The monoisotopic (exact) mass is 2100 g/mol. The van der Waals surface area contributed by atoms with E-state index in [0.717, 1.165) is 195 Å². The number of hydrogen-bond donors (Lipinski definition) is 4. The van der Waals surface area contributed by atoms with Crippen molar-refractivity contribution >= 4 is 166 Å². The van der Waals surface area contributed by atoms with E-state index in [1.165, 1.54) is 18.5 Å². The van der Waals surface area contributed by atoms with E-state index in [-0.39, 0.29) is 40.5 Å². The summed E-state index contributed by atoms with van der Waals surface area (Å²) in [6.07, 6.45) is 9.45. The number of carboxylic acids is 3. The van der Waals surface area contributed by atoms with Gasteiger partial charge in [-0.1, -0.05) is 87.8 Å². The van der Waals surface area contributed by atoms with Gasteiger partial charge in [0.2, 0.25) is 0 Å². The lowest BCUT2D eigenvalue weighted by molar-refractivity contribution is 0.0685. The average molecular weight is 2110 g/mol. The van der Waals surface area contributed by atoms with Gasteiger partial charge in [-0.25, -0.2) is 14.4 Å². The van der Waals surface area contributed by atoms with Crippen LogP contribution in [0.15, 0.2) is 128 Å². The van der Waals surface area contributed by atoms with Gasteiger partial charge in [0, 0.05) is 204 Å². The predicted molar refractivity (Wildman–Crippen MR) is 584 cm³/mol. The molecule has 7 aromatic heterocycles. The summed E-state index contributed by atoms with van der Waals surface area (Å²) in [5.41, 5.74) is 27.0. The molecule has 0 saturated carbocycles. The largest absolute Gasteiger partial charge is 0.494 e. The highest BCUT2D eigenvalue weighted by Crippen LogP contribution is 2.49. The van der Waals surface area contributed by atoms with E-state index in [1.54, 1.807) is 39.0 Å². The van der Waals surface area contributed by atoms with Crippen LogP contribution in [0.4, 0.5) is 28.4 Å². The van der Waals surface area contributed by atoms with Gasteiger partial charge in [-0.05, 0) is 294 Å². The molecule has 0 atom stereocenters. The summed E-state index contributed by atoms with van der Waals surface area (Å²) in [6.45, 7) is 29.2. The Labute approximate surface area is 883 Å². The Morgan fingerprint density at radius 1 is 0.408 bits per heavy atom. The second kappa shape index (κ2) is 43.6. The standard InChI is InChI=1S/C40H43Cl2N5O5.C38H41Cl2N5O4.C35H35Cl2N5O4/c1-22-17-30(18-23(2)36(22)42)52-14-6-7-31-32-8-9-33(41)35(34-24(3)44-45(5)25(34)4)37(32)47-13-12-46(39(48)38(31)47)29-20-26(40(49)50)19-28(21-29)43-27-10-15-51-16-11-27;1-21-16-28(17-22(2)34(21)40)49-15-8-10-29-30-11-12-31(39)33(32-23(3)41-43(7)24(32)4)35(30)45-14-9-13-44(37(46)36(29)45)27-19-25(38(47)48)18-26(20-27)42(5)6;1-19-14-25(15-20(2)31(19)37)46-13-6-8-26-27-9-10-28(36)30(29-21(3)39-40(5)22(29)4)32(27)42-12-7-11-41(34(43)33(26)42)24-16-23(35(44)45)17-38-18-24/h8-9,17-21,27,43H,6-7,10-16H2,1-5H3,(H,49,50);11-12,16-20H,8-10,13-15H2,1-7H3,(H,47,48);9-10,14-18H,6-8,11-13H2,1-5H3,(H,44,45). The summed E-state index contributed by atoms with van der Waals surface area (Å²) >= 11 is 40.2. The smallest absolute Gasteiger partial charge is 0.337 e. The number of rotatable bonds is 27. The van der Waals surface area contributed by atoms with E-state index in [0.29, 0.717) is 184 Å². The fourth-order valence-electron chi connectivity index (χ4n) is 21.3. The average Bonchev–Trinajstić information content (AvgIpc) is 1.55. The molecule has 0 aliphatic carbocycles. The Morgan fingerprint density at radius 3 is 1.10 bits per heavy atom. The molecule has 766 valence electrons. The van der Waals surface area contributed by atoms with Crippen LogP contribution in [-0.4, -0.2) is 172 Å². The summed E-state index contributed by atoms with van der Waals surface area (Å²) in [5, 5.41) is 53.9. The highest BCUT2D eigenvalue weighted by atomic mass is 35.5. The molecule has 1 saturated heterocycles. The van der Waals surface area contributed by atoms with Crippen LogP contribution < -0.4 is 39.1 Å². The number of aromatic carboxylic acids is 3. The number of nitrogens with one attached hydrogen (secondary N) is 1. The zero-order chi connectivity index (χ0) is 105. The van der Waals surface area contributed by atoms with Gasteiger partial charge >= 0.3 is 17.9 Å². The third kappa shape index (κ3) is 20.8. The molecule has 19 rings (SSSR count). The van der Waals surface area contributed by atoms with Gasteiger partial charge in [-0.15, -0.1) is 0 Å². The van der Waals surface area contributed by atoms with E-state index in [1.807, 2.05) is 222 Å². The van der Waals surface area contributed by atoms with Crippen molar-refractivity contribution in [2.45, 2.75) is 173 Å². The molecule has 0 unspecified atom stereocenters. The number of amides is 3. The Bertz CT molecular complexity index is 7740. The molecule has 28 nitrogen and oxygen atoms in total. The Hall–Kier alpha value is -13.3. The number of carbonyl (C=O) groups is 6. The number of hydrogen-bond acceptors (Lipinski definition) is 16. The molecule has 8 aromatic carbocycles. The summed E-state index contributed by atoms with van der Waals surface area (Å²) in [5.74, 6) is -1.51. The van der Waals surface area contributed by atoms with E-state index in [2.05, 4.69) is 39.3 Å². The lowest BCUT2D eigenvalue weighted by Crippen LogP contribution is -2.41. The molecule has 15 aromatic rings. The number of halogens is 6. The van der Waals surface area contributed by atoms with E-state index < -0.39 is 17.9 Å². The van der Waals surface area contributed by atoms with Crippen molar-refractivity contribution in [2.24, 2.45) is 21.1 Å². The number of carbonyl (C=O) groups excluding carboxylic acids is 3. The van der Waals surface area contributed by atoms with Gasteiger partial charge in [0.05, 0.1) is 97.1 Å². The number of benzene rings is 8.